The van der Waals surface area contributed by atoms with Gasteiger partial charge >= 0.3 is 0 Å². The van der Waals surface area contributed by atoms with E-state index in [4.69, 9.17) is 11.2 Å². The minimum absolute atomic E-state index is 0.0115. The lowest BCUT2D eigenvalue weighted by atomic mass is 9.68. The maximum Gasteiger partial charge on any atom is 0.0831 e. The van der Waals surface area contributed by atoms with Gasteiger partial charge in [-0.05, 0) is 44.1 Å². The molecular formula is C16H29NO. The molecule has 0 aliphatic heterocycles. The van der Waals surface area contributed by atoms with Gasteiger partial charge in [0.05, 0.1) is 5.60 Å². The lowest BCUT2D eigenvalue weighted by molar-refractivity contribution is -0.0872. The van der Waals surface area contributed by atoms with Crippen LogP contribution in [0.15, 0.2) is 0 Å². The van der Waals surface area contributed by atoms with E-state index >= 15 is 0 Å². The number of methoxy groups -OCH3 is 1. The number of ether oxygens (including phenoxy) is 1. The fourth-order valence-electron chi connectivity index (χ4n) is 3.07. The molecule has 104 valence electrons. The molecule has 0 aromatic heterocycles. The molecule has 0 aromatic carbocycles. The van der Waals surface area contributed by atoms with Crippen molar-refractivity contribution in [2.45, 2.75) is 70.9 Å². The van der Waals surface area contributed by atoms with Crippen LogP contribution < -0.4 is 5.32 Å². The van der Waals surface area contributed by atoms with E-state index in [0.717, 1.165) is 32.2 Å². The number of nitrogens with one attached hydrogen (secondary N) is 1. The summed E-state index contributed by atoms with van der Waals surface area (Å²) in [7, 11) is 1.86. The van der Waals surface area contributed by atoms with Crippen LogP contribution in [0.25, 0.3) is 0 Å². The van der Waals surface area contributed by atoms with Crippen LogP contribution in [0.1, 0.15) is 59.3 Å². The average Bonchev–Trinajstić information content (AvgIpc) is 2.36. The van der Waals surface area contributed by atoms with Gasteiger partial charge < -0.3 is 10.1 Å². The molecule has 1 aliphatic rings. The third-order valence-electron chi connectivity index (χ3n) is 4.52. The Labute approximate surface area is 113 Å². The first-order valence-corrected chi connectivity index (χ1v) is 7.22. The zero-order valence-corrected chi connectivity index (χ0v) is 12.5. The Morgan fingerprint density at radius 1 is 1.28 bits per heavy atom. The molecule has 2 heteroatoms. The van der Waals surface area contributed by atoms with Gasteiger partial charge in [-0.25, -0.2) is 0 Å². The van der Waals surface area contributed by atoms with Crippen molar-refractivity contribution in [3.63, 3.8) is 0 Å². The van der Waals surface area contributed by atoms with Crippen LogP contribution in [0.2, 0.25) is 0 Å². The summed E-state index contributed by atoms with van der Waals surface area (Å²) in [5.41, 5.74) is 0.452. The third kappa shape index (κ3) is 3.73. The normalized spacial score (nSPS) is 23.3. The average molecular weight is 251 g/mol. The van der Waals surface area contributed by atoms with Crippen LogP contribution in [0.5, 0.6) is 0 Å². The minimum atomic E-state index is -0.0115. The molecule has 18 heavy (non-hydrogen) atoms. The highest BCUT2D eigenvalue weighted by Crippen LogP contribution is 2.44. The van der Waals surface area contributed by atoms with E-state index in [0.29, 0.717) is 11.5 Å². The summed E-state index contributed by atoms with van der Waals surface area (Å²) in [4.78, 5) is 0. The molecule has 1 saturated carbocycles. The van der Waals surface area contributed by atoms with Gasteiger partial charge in [-0.2, -0.15) is 0 Å². The topological polar surface area (TPSA) is 21.3 Å². The van der Waals surface area contributed by atoms with E-state index in [1.54, 1.807) is 0 Å². The molecule has 2 nitrogen and oxygen atoms in total. The molecule has 1 aliphatic carbocycles. The van der Waals surface area contributed by atoms with E-state index in [2.05, 4.69) is 32.0 Å². The largest absolute Gasteiger partial charge is 0.377 e. The number of rotatable bonds is 6. The lowest BCUT2D eigenvalue weighted by Crippen LogP contribution is -2.54. The van der Waals surface area contributed by atoms with Gasteiger partial charge in [0.2, 0.25) is 0 Å². The standard InChI is InChI=1S/C16H29NO/c1-6-8-9-14(17-7-2)16(18-5)12-10-15(3,4)11-13-16/h1,14,17H,7-13H2,2-5H3. The molecule has 0 saturated heterocycles. The molecule has 0 heterocycles. The summed E-state index contributed by atoms with van der Waals surface area (Å²) >= 11 is 0. The highest BCUT2D eigenvalue weighted by Gasteiger charge is 2.43. The molecule has 1 unspecified atom stereocenters. The second-order valence-electron chi connectivity index (χ2n) is 6.29. The molecule has 0 aromatic rings. The van der Waals surface area contributed by atoms with Gasteiger partial charge in [0.25, 0.3) is 0 Å². The summed E-state index contributed by atoms with van der Waals surface area (Å²) in [6, 6.07) is 0.389. The highest BCUT2D eigenvalue weighted by atomic mass is 16.5. The van der Waals surface area contributed by atoms with Crippen LogP contribution in [0.4, 0.5) is 0 Å². The third-order valence-corrected chi connectivity index (χ3v) is 4.52. The highest BCUT2D eigenvalue weighted by molar-refractivity contribution is 5.00. The molecule has 1 fully saturated rings. The molecular weight excluding hydrogens is 222 g/mol. The molecule has 1 rings (SSSR count). The first kappa shape index (κ1) is 15.5. The van der Waals surface area contributed by atoms with Crippen molar-refractivity contribution in [1.82, 2.24) is 5.32 Å². The Hall–Kier alpha value is -0.520. The second kappa shape index (κ2) is 6.59. The zero-order chi connectivity index (χ0) is 13.6. The Bertz CT molecular complexity index is 280. The van der Waals surface area contributed by atoms with Gasteiger partial charge in [-0.3, -0.25) is 0 Å². The van der Waals surface area contributed by atoms with Crippen molar-refractivity contribution in [1.29, 1.82) is 0 Å². The first-order valence-electron chi connectivity index (χ1n) is 7.22. The van der Waals surface area contributed by atoms with Crippen molar-refractivity contribution >= 4 is 0 Å². The van der Waals surface area contributed by atoms with E-state index < -0.39 is 0 Å². The van der Waals surface area contributed by atoms with Crippen molar-refractivity contribution < 1.29 is 4.74 Å². The molecule has 0 bridgehead atoms. The first-order chi connectivity index (χ1) is 8.49. The van der Waals surface area contributed by atoms with Crippen LogP contribution in [-0.4, -0.2) is 25.3 Å². The van der Waals surface area contributed by atoms with Crippen molar-refractivity contribution in [2.24, 2.45) is 5.41 Å². The van der Waals surface area contributed by atoms with E-state index in [1.807, 2.05) is 7.11 Å². The number of hydrogen-bond donors (Lipinski definition) is 1. The maximum absolute atomic E-state index is 5.95. The van der Waals surface area contributed by atoms with Gasteiger partial charge in [0.1, 0.15) is 0 Å². The van der Waals surface area contributed by atoms with Gasteiger partial charge in [-0.1, -0.05) is 20.8 Å². The Morgan fingerprint density at radius 2 is 1.89 bits per heavy atom. The Morgan fingerprint density at radius 3 is 2.33 bits per heavy atom. The molecule has 1 N–H and O–H groups in total. The Kier molecular flexibility index (Phi) is 5.69. The van der Waals surface area contributed by atoms with Gasteiger partial charge in [-0.15, -0.1) is 12.3 Å². The predicted octanol–water partition coefficient (Wildman–Crippen LogP) is 3.36. The van der Waals surface area contributed by atoms with E-state index in [-0.39, 0.29) is 5.60 Å². The fourth-order valence-corrected chi connectivity index (χ4v) is 3.07. The number of likely N-dealkylation sites (N-methyl/N-ethyl adjacent to an activating group) is 1. The maximum atomic E-state index is 5.95. The van der Waals surface area contributed by atoms with Crippen LogP contribution in [0.3, 0.4) is 0 Å². The van der Waals surface area contributed by atoms with E-state index in [9.17, 15) is 0 Å². The van der Waals surface area contributed by atoms with Gasteiger partial charge in [0.15, 0.2) is 0 Å². The van der Waals surface area contributed by atoms with Gasteiger partial charge in [0, 0.05) is 19.6 Å². The SMILES string of the molecule is C#CCCC(NCC)C1(OC)CCC(C)(C)CC1. The van der Waals surface area contributed by atoms with Crippen molar-refractivity contribution in [3.8, 4) is 12.3 Å². The summed E-state index contributed by atoms with van der Waals surface area (Å²) in [5, 5.41) is 3.59. The van der Waals surface area contributed by atoms with Crippen LogP contribution >= 0.6 is 0 Å². The van der Waals surface area contributed by atoms with Crippen LogP contribution in [0, 0.1) is 17.8 Å². The molecule has 0 amide bonds. The monoisotopic (exact) mass is 251 g/mol. The summed E-state index contributed by atoms with van der Waals surface area (Å²) < 4.78 is 5.95. The summed E-state index contributed by atoms with van der Waals surface area (Å²) in [6.07, 6.45) is 12.0. The number of hydrogen-bond acceptors (Lipinski definition) is 2. The second-order valence-corrected chi connectivity index (χ2v) is 6.29. The zero-order valence-electron chi connectivity index (χ0n) is 12.5. The predicted molar refractivity (Wildman–Crippen MR) is 77.5 cm³/mol. The smallest absolute Gasteiger partial charge is 0.0831 e. The molecule has 1 atom stereocenters. The summed E-state index contributed by atoms with van der Waals surface area (Å²) in [5.74, 6) is 2.76. The quantitative estimate of drug-likeness (QED) is 0.731. The Balaban J connectivity index is 2.74. The summed E-state index contributed by atoms with van der Waals surface area (Å²) in [6.45, 7) is 7.84. The van der Waals surface area contributed by atoms with Crippen molar-refractivity contribution in [2.75, 3.05) is 13.7 Å². The fraction of sp³-hybridized carbons (Fsp3) is 0.875. The van der Waals surface area contributed by atoms with Crippen molar-refractivity contribution in [3.05, 3.63) is 0 Å². The molecule has 0 spiro atoms. The minimum Gasteiger partial charge on any atom is -0.377 e. The molecule has 0 radical (unpaired) electrons. The number of terminal acetylenes is 1. The van der Waals surface area contributed by atoms with Crippen LogP contribution in [-0.2, 0) is 4.74 Å². The lowest BCUT2D eigenvalue weighted by Gasteiger charge is -2.47. The van der Waals surface area contributed by atoms with E-state index in [1.165, 1.54) is 12.8 Å².